The Bertz CT molecular complexity index is 710. The average Bonchev–Trinajstić information content (AvgIpc) is 3.00. The van der Waals surface area contributed by atoms with Crippen LogP contribution >= 0.6 is 11.6 Å². The minimum Gasteiger partial charge on any atom is -0.379 e. The van der Waals surface area contributed by atoms with Crippen LogP contribution in [0.5, 0.6) is 0 Å². The van der Waals surface area contributed by atoms with Gasteiger partial charge in [-0.3, -0.25) is 10.2 Å². The highest BCUT2D eigenvalue weighted by Crippen LogP contribution is 2.21. The molecule has 6 nitrogen and oxygen atoms in total. The normalized spacial score (nSPS) is 15.8. The van der Waals surface area contributed by atoms with Crippen LogP contribution in [0.1, 0.15) is 28.8 Å². The number of rotatable bonds is 6. The lowest BCUT2D eigenvalue weighted by molar-refractivity contribution is 0.0126. The van der Waals surface area contributed by atoms with E-state index >= 15 is 0 Å². The Morgan fingerprint density at radius 2 is 2.12 bits per heavy atom. The standard InChI is InChI=1S/C17H23ClN4O2/c1-13-10-14(17(23)20-22-6-8-24-9-7-22)11-15-16(13)21(12-19-15)5-3-2-4-18/h10-12H,2-9H2,1H3,(H,20,23). The molecule has 1 aliphatic rings. The van der Waals surface area contributed by atoms with Gasteiger partial charge in [0, 0.05) is 31.1 Å². The third-order valence-electron chi connectivity index (χ3n) is 4.22. The largest absolute Gasteiger partial charge is 0.379 e. The number of unbranched alkanes of at least 4 members (excludes halogenated alkanes) is 1. The maximum absolute atomic E-state index is 12.5. The van der Waals surface area contributed by atoms with Crippen LogP contribution in [0.15, 0.2) is 18.5 Å². The number of carbonyl (C=O) groups excluding carboxylic acids is 1. The van der Waals surface area contributed by atoms with Crippen molar-refractivity contribution in [2.75, 3.05) is 32.2 Å². The molecule has 24 heavy (non-hydrogen) atoms. The van der Waals surface area contributed by atoms with E-state index < -0.39 is 0 Å². The fourth-order valence-electron chi connectivity index (χ4n) is 2.98. The van der Waals surface area contributed by atoms with E-state index in [4.69, 9.17) is 16.3 Å². The summed E-state index contributed by atoms with van der Waals surface area (Å²) in [6, 6.07) is 3.79. The Labute approximate surface area is 146 Å². The van der Waals surface area contributed by atoms with Gasteiger partial charge in [0.1, 0.15) is 0 Å². The van der Waals surface area contributed by atoms with E-state index in [2.05, 4.69) is 15.0 Å². The number of benzene rings is 1. The molecule has 0 atom stereocenters. The molecule has 0 saturated carbocycles. The molecule has 0 bridgehead atoms. The number of hydrazine groups is 1. The van der Waals surface area contributed by atoms with Crippen LogP contribution in [0, 0.1) is 6.92 Å². The third-order valence-corrected chi connectivity index (χ3v) is 4.49. The topological polar surface area (TPSA) is 59.4 Å². The van der Waals surface area contributed by atoms with Gasteiger partial charge in [-0.05, 0) is 37.5 Å². The zero-order valence-corrected chi connectivity index (χ0v) is 14.7. The first-order valence-electron chi connectivity index (χ1n) is 8.34. The first-order chi connectivity index (χ1) is 11.7. The molecule has 1 N–H and O–H groups in total. The van der Waals surface area contributed by atoms with E-state index in [0.717, 1.165) is 36.0 Å². The van der Waals surface area contributed by atoms with E-state index in [1.54, 1.807) is 0 Å². The van der Waals surface area contributed by atoms with Crippen LogP contribution in [0.2, 0.25) is 0 Å². The minimum atomic E-state index is -0.0985. The van der Waals surface area contributed by atoms with E-state index in [9.17, 15) is 4.79 Å². The van der Waals surface area contributed by atoms with Crippen LogP contribution in [0.3, 0.4) is 0 Å². The Hall–Kier alpha value is -1.63. The molecule has 1 aliphatic heterocycles. The number of amides is 1. The van der Waals surface area contributed by atoms with E-state index in [-0.39, 0.29) is 5.91 Å². The van der Waals surface area contributed by atoms with Gasteiger partial charge in [-0.1, -0.05) is 0 Å². The summed E-state index contributed by atoms with van der Waals surface area (Å²) in [5.41, 5.74) is 6.58. The summed E-state index contributed by atoms with van der Waals surface area (Å²) in [6.07, 6.45) is 3.85. The number of imidazole rings is 1. The summed E-state index contributed by atoms with van der Waals surface area (Å²) in [5.74, 6) is 0.580. The molecule has 3 rings (SSSR count). The van der Waals surface area contributed by atoms with Crippen LogP contribution < -0.4 is 5.43 Å². The Kier molecular flexibility index (Phi) is 5.71. The molecule has 2 heterocycles. The molecular formula is C17H23ClN4O2. The number of halogens is 1. The molecule has 1 fully saturated rings. The molecule has 0 spiro atoms. The van der Waals surface area contributed by atoms with Crippen molar-refractivity contribution in [3.05, 3.63) is 29.6 Å². The number of aromatic nitrogens is 2. The SMILES string of the molecule is Cc1cc(C(=O)NN2CCOCC2)cc2ncn(CCCCCl)c12. The van der Waals surface area contributed by atoms with Crippen LogP contribution in [0.25, 0.3) is 11.0 Å². The summed E-state index contributed by atoms with van der Waals surface area (Å²) in [4.78, 5) is 16.9. The highest BCUT2D eigenvalue weighted by atomic mass is 35.5. The molecule has 2 aromatic rings. The van der Waals surface area contributed by atoms with Gasteiger partial charge in [-0.15, -0.1) is 11.6 Å². The highest BCUT2D eigenvalue weighted by Gasteiger charge is 2.16. The fraction of sp³-hybridized carbons (Fsp3) is 0.529. The molecule has 0 aliphatic carbocycles. The summed E-state index contributed by atoms with van der Waals surface area (Å²) >= 11 is 5.75. The number of alkyl halides is 1. The molecule has 1 aromatic heterocycles. The lowest BCUT2D eigenvalue weighted by atomic mass is 10.1. The summed E-state index contributed by atoms with van der Waals surface area (Å²) in [6.45, 7) is 5.62. The third kappa shape index (κ3) is 3.88. The maximum Gasteiger partial charge on any atom is 0.265 e. The second-order valence-electron chi connectivity index (χ2n) is 6.04. The second kappa shape index (κ2) is 7.96. The van der Waals surface area contributed by atoms with E-state index in [0.29, 0.717) is 37.7 Å². The summed E-state index contributed by atoms with van der Waals surface area (Å²) in [7, 11) is 0. The first-order valence-corrected chi connectivity index (χ1v) is 8.87. The molecular weight excluding hydrogens is 328 g/mol. The number of hydrogen-bond acceptors (Lipinski definition) is 4. The van der Waals surface area contributed by atoms with Crippen molar-refractivity contribution in [2.24, 2.45) is 0 Å². The van der Waals surface area contributed by atoms with Gasteiger partial charge in [0.25, 0.3) is 5.91 Å². The number of hydrogen-bond donors (Lipinski definition) is 1. The van der Waals surface area contributed by atoms with Gasteiger partial charge in [-0.2, -0.15) is 0 Å². The monoisotopic (exact) mass is 350 g/mol. The maximum atomic E-state index is 12.5. The van der Waals surface area contributed by atoms with Crippen molar-refractivity contribution in [3.8, 4) is 0 Å². The van der Waals surface area contributed by atoms with Crippen molar-refractivity contribution in [3.63, 3.8) is 0 Å². The Balaban J connectivity index is 1.76. The number of morpholine rings is 1. The van der Waals surface area contributed by atoms with Crippen molar-refractivity contribution in [1.82, 2.24) is 20.0 Å². The number of ether oxygens (including phenoxy) is 1. The first kappa shape index (κ1) is 17.2. The molecule has 7 heteroatoms. The number of fused-ring (bicyclic) bond motifs is 1. The zero-order valence-electron chi connectivity index (χ0n) is 13.9. The lowest BCUT2D eigenvalue weighted by Crippen LogP contribution is -2.48. The van der Waals surface area contributed by atoms with E-state index in [1.807, 2.05) is 30.4 Å². The van der Waals surface area contributed by atoms with E-state index in [1.165, 1.54) is 0 Å². The zero-order chi connectivity index (χ0) is 16.9. The van der Waals surface area contributed by atoms with Gasteiger partial charge < -0.3 is 9.30 Å². The molecule has 0 unspecified atom stereocenters. The molecule has 1 amide bonds. The van der Waals surface area contributed by atoms with Crippen molar-refractivity contribution < 1.29 is 9.53 Å². The van der Waals surface area contributed by atoms with Gasteiger partial charge >= 0.3 is 0 Å². The summed E-state index contributed by atoms with van der Waals surface area (Å²) in [5, 5.41) is 1.90. The van der Waals surface area contributed by atoms with Crippen LogP contribution in [-0.4, -0.2) is 52.7 Å². The Morgan fingerprint density at radius 1 is 1.33 bits per heavy atom. The average molecular weight is 351 g/mol. The second-order valence-corrected chi connectivity index (χ2v) is 6.41. The smallest absolute Gasteiger partial charge is 0.265 e. The quantitative estimate of drug-likeness (QED) is 0.641. The number of aryl methyl sites for hydroxylation is 2. The predicted octanol–water partition coefficient (Wildman–Crippen LogP) is 2.34. The van der Waals surface area contributed by atoms with Gasteiger partial charge in [-0.25, -0.2) is 9.99 Å². The van der Waals surface area contributed by atoms with Gasteiger partial charge in [0.05, 0.1) is 30.6 Å². The van der Waals surface area contributed by atoms with Crippen molar-refractivity contribution in [2.45, 2.75) is 26.3 Å². The van der Waals surface area contributed by atoms with Gasteiger partial charge in [0.2, 0.25) is 0 Å². The van der Waals surface area contributed by atoms with Crippen molar-refractivity contribution >= 4 is 28.5 Å². The number of nitrogens with zero attached hydrogens (tertiary/aromatic N) is 3. The molecule has 0 radical (unpaired) electrons. The predicted molar refractivity (Wildman–Crippen MR) is 94.3 cm³/mol. The summed E-state index contributed by atoms with van der Waals surface area (Å²) < 4.78 is 7.43. The molecule has 1 aromatic carbocycles. The number of carbonyl (C=O) groups is 1. The fourth-order valence-corrected chi connectivity index (χ4v) is 3.17. The number of nitrogens with one attached hydrogen (secondary N) is 1. The highest BCUT2D eigenvalue weighted by molar-refractivity contribution is 6.17. The van der Waals surface area contributed by atoms with Crippen LogP contribution in [-0.2, 0) is 11.3 Å². The van der Waals surface area contributed by atoms with Crippen molar-refractivity contribution in [1.29, 1.82) is 0 Å². The van der Waals surface area contributed by atoms with Gasteiger partial charge in [0.15, 0.2) is 0 Å². The Morgan fingerprint density at radius 3 is 2.88 bits per heavy atom. The lowest BCUT2D eigenvalue weighted by Gasteiger charge is -2.27. The van der Waals surface area contributed by atoms with Crippen LogP contribution in [0.4, 0.5) is 0 Å². The minimum absolute atomic E-state index is 0.0985. The molecule has 130 valence electrons. The molecule has 1 saturated heterocycles.